The average Bonchev–Trinajstić information content (AvgIpc) is 2.45. The molecule has 0 atom stereocenters. The second-order valence-electron chi connectivity index (χ2n) is 4.54. The second-order valence-corrected chi connectivity index (χ2v) is 4.54. The fourth-order valence-electron chi connectivity index (χ4n) is 1.54. The summed E-state index contributed by atoms with van der Waals surface area (Å²) >= 11 is 0. The molecule has 0 bridgehead atoms. The van der Waals surface area contributed by atoms with Gasteiger partial charge in [0.1, 0.15) is 5.75 Å². The molecule has 1 rings (SSSR count). The van der Waals surface area contributed by atoms with Crippen LogP contribution in [-0.4, -0.2) is 33.8 Å². The minimum atomic E-state index is -0.400. The summed E-state index contributed by atoms with van der Waals surface area (Å²) in [7, 11) is 4.50. The van der Waals surface area contributed by atoms with Gasteiger partial charge in [-0.1, -0.05) is 13.8 Å². The SMILES string of the molecule is COc1cc(OC)c(C(=O)NOCC(C)C)cc1OC. The zero-order valence-corrected chi connectivity index (χ0v) is 12.5. The van der Waals surface area contributed by atoms with Crippen molar-refractivity contribution in [3.8, 4) is 17.2 Å². The Hall–Kier alpha value is -1.95. The van der Waals surface area contributed by atoms with Crippen molar-refractivity contribution < 1.29 is 23.8 Å². The van der Waals surface area contributed by atoms with Gasteiger partial charge >= 0.3 is 0 Å². The van der Waals surface area contributed by atoms with Gasteiger partial charge in [-0.2, -0.15) is 0 Å². The molecule has 112 valence electrons. The van der Waals surface area contributed by atoms with Crippen LogP contribution in [0.5, 0.6) is 17.2 Å². The van der Waals surface area contributed by atoms with Crippen LogP contribution in [0.3, 0.4) is 0 Å². The number of hydrogen-bond acceptors (Lipinski definition) is 5. The maximum absolute atomic E-state index is 12.1. The highest BCUT2D eigenvalue weighted by Gasteiger charge is 2.17. The van der Waals surface area contributed by atoms with E-state index in [1.807, 2.05) is 13.8 Å². The first-order valence-corrected chi connectivity index (χ1v) is 6.25. The van der Waals surface area contributed by atoms with E-state index >= 15 is 0 Å². The Morgan fingerprint density at radius 1 is 1.05 bits per heavy atom. The van der Waals surface area contributed by atoms with Gasteiger partial charge in [-0.3, -0.25) is 9.63 Å². The molecule has 1 aromatic carbocycles. The number of nitrogens with one attached hydrogen (secondary N) is 1. The van der Waals surface area contributed by atoms with Crippen LogP contribution in [0.4, 0.5) is 0 Å². The summed E-state index contributed by atoms with van der Waals surface area (Å²) in [6, 6.07) is 3.14. The second kappa shape index (κ2) is 7.59. The van der Waals surface area contributed by atoms with E-state index in [1.54, 1.807) is 12.1 Å². The lowest BCUT2D eigenvalue weighted by molar-refractivity contribution is 0.0206. The van der Waals surface area contributed by atoms with E-state index < -0.39 is 5.91 Å². The monoisotopic (exact) mass is 283 g/mol. The fraction of sp³-hybridized carbons (Fsp3) is 0.500. The van der Waals surface area contributed by atoms with E-state index in [4.69, 9.17) is 19.0 Å². The highest BCUT2D eigenvalue weighted by molar-refractivity contribution is 5.97. The lowest BCUT2D eigenvalue weighted by Crippen LogP contribution is -2.26. The molecule has 6 heteroatoms. The first-order valence-electron chi connectivity index (χ1n) is 6.25. The van der Waals surface area contributed by atoms with E-state index in [2.05, 4.69) is 5.48 Å². The Balaban J connectivity index is 2.94. The van der Waals surface area contributed by atoms with Gasteiger partial charge in [0.2, 0.25) is 0 Å². The Bertz CT molecular complexity index is 459. The summed E-state index contributed by atoms with van der Waals surface area (Å²) < 4.78 is 15.5. The molecule has 0 unspecified atom stereocenters. The highest BCUT2D eigenvalue weighted by Crippen LogP contribution is 2.34. The van der Waals surface area contributed by atoms with Crippen LogP contribution in [0.15, 0.2) is 12.1 Å². The number of ether oxygens (including phenoxy) is 3. The van der Waals surface area contributed by atoms with E-state index in [0.29, 0.717) is 35.3 Å². The van der Waals surface area contributed by atoms with Crippen molar-refractivity contribution in [1.29, 1.82) is 0 Å². The van der Waals surface area contributed by atoms with Crippen LogP contribution < -0.4 is 19.7 Å². The van der Waals surface area contributed by atoms with Gasteiger partial charge in [0, 0.05) is 12.1 Å². The zero-order valence-electron chi connectivity index (χ0n) is 12.5. The van der Waals surface area contributed by atoms with Crippen molar-refractivity contribution in [2.45, 2.75) is 13.8 Å². The molecule has 0 aliphatic heterocycles. The third kappa shape index (κ3) is 4.03. The number of methoxy groups -OCH3 is 3. The van der Waals surface area contributed by atoms with Crippen molar-refractivity contribution in [3.63, 3.8) is 0 Å². The molecule has 0 aliphatic rings. The van der Waals surface area contributed by atoms with Gasteiger partial charge in [-0.25, -0.2) is 5.48 Å². The normalized spacial score (nSPS) is 10.3. The van der Waals surface area contributed by atoms with Crippen LogP contribution in [0, 0.1) is 5.92 Å². The lowest BCUT2D eigenvalue weighted by Gasteiger charge is -2.14. The standard InChI is InChI=1S/C14H21NO5/c1-9(2)8-20-15-14(16)10-6-12(18-4)13(19-5)7-11(10)17-3/h6-7,9H,8H2,1-5H3,(H,15,16). The summed E-state index contributed by atoms with van der Waals surface area (Å²) in [5.74, 6) is 1.24. The van der Waals surface area contributed by atoms with Crippen LogP contribution >= 0.6 is 0 Å². The smallest absolute Gasteiger partial charge is 0.278 e. The molecule has 0 radical (unpaired) electrons. The zero-order chi connectivity index (χ0) is 15.1. The molecular formula is C14H21NO5. The molecular weight excluding hydrogens is 262 g/mol. The third-order valence-corrected chi connectivity index (χ3v) is 2.53. The van der Waals surface area contributed by atoms with E-state index in [1.165, 1.54) is 21.3 Å². The van der Waals surface area contributed by atoms with Gasteiger partial charge in [0.05, 0.1) is 33.5 Å². The molecule has 0 heterocycles. The molecule has 1 aromatic rings. The van der Waals surface area contributed by atoms with Gasteiger partial charge < -0.3 is 14.2 Å². The van der Waals surface area contributed by atoms with Crippen molar-refractivity contribution in [1.82, 2.24) is 5.48 Å². The first-order chi connectivity index (χ1) is 9.53. The minimum absolute atomic E-state index is 0.314. The van der Waals surface area contributed by atoms with Crippen LogP contribution in [-0.2, 0) is 4.84 Å². The molecule has 0 fully saturated rings. The third-order valence-electron chi connectivity index (χ3n) is 2.53. The van der Waals surface area contributed by atoms with Crippen LogP contribution in [0.25, 0.3) is 0 Å². The lowest BCUT2D eigenvalue weighted by atomic mass is 10.1. The van der Waals surface area contributed by atoms with E-state index in [-0.39, 0.29) is 0 Å². The van der Waals surface area contributed by atoms with Crippen molar-refractivity contribution >= 4 is 5.91 Å². The highest BCUT2D eigenvalue weighted by atomic mass is 16.7. The summed E-state index contributed by atoms with van der Waals surface area (Å²) in [6.07, 6.45) is 0. The van der Waals surface area contributed by atoms with Crippen molar-refractivity contribution in [2.24, 2.45) is 5.92 Å². The molecule has 0 saturated heterocycles. The number of carbonyl (C=O) groups excluding carboxylic acids is 1. The summed E-state index contributed by atoms with van der Waals surface area (Å²) in [5.41, 5.74) is 2.69. The van der Waals surface area contributed by atoms with Crippen LogP contribution in [0.2, 0.25) is 0 Å². The minimum Gasteiger partial charge on any atom is -0.496 e. The molecule has 1 N–H and O–H groups in total. The van der Waals surface area contributed by atoms with E-state index in [9.17, 15) is 4.79 Å². The Labute approximate surface area is 118 Å². The number of hydroxylamine groups is 1. The average molecular weight is 283 g/mol. The van der Waals surface area contributed by atoms with Gasteiger partial charge in [0.15, 0.2) is 11.5 Å². The summed E-state index contributed by atoms with van der Waals surface area (Å²) in [6.45, 7) is 4.41. The predicted molar refractivity (Wildman–Crippen MR) is 74.4 cm³/mol. The first kappa shape index (κ1) is 16.1. The quantitative estimate of drug-likeness (QED) is 0.776. The molecule has 20 heavy (non-hydrogen) atoms. The van der Waals surface area contributed by atoms with Gasteiger partial charge in [0.25, 0.3) is 5.91 Å². The van der Waals surface area contributed by atoms with Crippen molar-refractivity contribution in [3.05, 3.63) is 17.7 Å². The number of hydrogen-bond donors (Lipinski definition) is 1. The fourth-order valence-corrected chi connectivity index (χ4v) is 1.54. The van der Waals surface area contributed by atoms with Gasteiger partial charge in [-0.15, -0.1) is 0 Å². The molecule has 0 spiro atoms. The number of rotatable bonds is 7. The Morgan fingerprint density at radius 3 is 2.10 bits per heavy atom. The van der Waals surface area contributed by atoms with Gasteiger partial charge in [-0.05, 0) is 5.92 Å². The Morgan fingerprint density at radius 2 is 1.60 bits per heavy atom. The van der Waals surface area contributed by atoms with Crippen LogP contribution in [0.1, 0.15) is 24.2 Å². The molecule has 0 aliphatic carbocycles. The Kier molecular flexibility index (Phi) is 6.11. The molecule has 0 aromatic heterocycles. The predicted octanol–water partition coefficient (Wildman–Crippen LogP) is 2.03. The summed E-state index contributed by atoms with van der Waals surface area (Å²) in [4.78, 5) is 17.2. The topological polar surface area (TPSA) is 66.0 Å². The maximum atomic E-state index is 12.1. The number of carbonyl (C=O) groups is 1. The molecule has 0 saturated carbocycles. The number of benzene rings is 1. The largest absolute Gasteiger partial charge is 0.496 e. The van der Waals surface area contributed by atoms with E-state index in [0.717, 1.165) is 0 Å². The molecule has 6 nitrogen and oxygen atoms in total. The molecule has 1 amide bonds. The number of amides is 1. The summed E-state index contributed by atoms with van der Waals surface area (Å²) in [5, 5.41) is 0. The maximum Gasteiger partial charge on any atom is 0.278 e. The van der Waals surface area contributed by atoms with Crippen molar-refractivity contribution in [2.75, 3.05) is 27.9 Å².